The number of hydrogen-bond donors (Lipinski definition) is 1. The minimum absolute atomic E-state index is 0.0406. The van der Waals surface area contributed by atoms with Gasteiger partial charge in [0, 0.05) is 19.3 Å². The monoisotopic (exact) mass is 1010 g/mol. The molecule has 0 aliphatic heterocycles. The molecule has 0 rings (SSSR count). The van der Waals surface area contributed by atoms with E-state index in [0.29, 0.717) is 19.3 Å². The van der Waals surface area contributed by atoms with Crippen LogP contribution in [0, 0.1) is 0 Å². The standard InChI is InChI=1S/C63H123NO7/c1-6-8-10-12-14-16-18-20-22-24-26-28-30-32-34-36-38-40-42-44-46-48-50-52-54-62(66)71-59(57-69-56-55-60(63(67)68)64(3,4)5)58-70-61(65)53-51-49-47-45-43-41-39-37-35-33-31-29-27-25-23-21-19-17-15-13-11-9-7-2/h59-60H,6-58H2,1-5H3/p+1. The van der Waals surface area contributed by atoms with E-state index in [1.807, 2.05) is 21.1 Å². The lowest BCUT2D eigenvalue weighted by atomic mass is 10.0. The number of quaternary nitrogens is 1. The Morgan fingerprint density at radius 1 is 0.366 bits per heavy atom. The predicted octanol–water partition coefficient (Wildman–Crippen LogP) is 19.2. The summed E-state index contributed by atoms with van der Waals surface area (Å²) in [6, 6.07) is -0.610. The second-order valence-electron chi connectivity index (χ2n) is 23.0. The molecule has 0 bridgehead atoms. The van der Waals surface area contributed by atoms with Crippen molar-refractivity contribution in [2.45, 2.75) is 347 Å². The van der Waals surface area contributed by atoms with Gasteiger partial charge in [-0.3, -0.25) is 9.59 Å². The third kappa shape index (κ3) is 53.0. The highest BCUT2D eigenvalue weighted by Crippen LogP contribution is 2.19. The van der Waals surface area contributed by atoms with E-state index in [4.69, 9.17) is 14.2 Å². The smallest absolute Gasteiger partial charge is 0.362 e. The molecule has 2 atom stereocenters. The molecule has 8 heteroatoms. The van der Waals surface area contributed by atoms with Crippen molar-refractivity contribution in [1.29, 1.82) is 0 Å². The molecule has 0 saturated heterocycles. The predicted molar refractivity (Wildman–Crippen MR) is 303 cm³/mol. The molecule has 71 heavy (non-hydrogen) atoms. The van der Waals surface area contributed by atoms with Gasteiger partial charge in [-0.15, -0.1) is 0 Å². The summed E-state index contributed by atoms with van der Waals surface area (Å²) in [6.45, 7) is 4.83. The number of carbonyl (C=O) groups is 3. The summed E-state index contributed by atoms with van der Waals surface area (Å²) in [7, 11) is 5.57. The van der Waals surface area contributed by atoms with E-state index in [1.54, 1.807) is 0 Å². The highest BCUT2D eigenvalue weighted by Gasteiger charge is 2.31. The van der Waals surface area contributed by atoms with Crippen molar-refractivity contribution >= 4 is 17.9 Å². The van der Waals surface area contributed by atoms with E-state index in [-0.39, 0.29) is 36.2 Å². The summed E-state index contributed by atoms with van der Waals surface area (Å²) >= 11 is 0. The first kappa shape index (κ1) is 69.3. The summed E-state index contributed by atoms with van der Waals surface area (Å²) in [5.74, 6) is -1.43. The Hall–Kier alpha value is -1.67. The van der Waals surface area contributed by atoms with E-state index in [1.165, 1.54) is 263 Å². The first-order chi connectivity index (χ1) is 34.6. The number of likely N-dealkylation sites (N-methyl/N-ethyl adjacent to an activating group) is 1. The van der Waals surface area contributed by atoms with E-state index >= 15 is 0 Å². The summed E-state index contributed by atoms with van der Waals surface area (Å²) in [4.78, 5) is 37.4. The molecule has 1 N–H and O–H groups in total. The lowest BCUT2D eigenvalue weighted by Crippen LogP contribution is -2.50. The molecular formula is C63H124NO7+. The molecular weight excluding hydrogens is 883 g/mol. The van der Waals surface area contributed by atoms with Crippen LogP contribution in [0.5, 0.6) is 0 Å². The van der Waals surface area contributed by atoms with Crippen LogP contribution in [0.15, 0.2) is 0 Å². The van der Waals surface area contributed by atoms with E-state index < -0.39 is 18.1 Å². The number of unbranched alkanes of at least 4 members (excludes halogenated alkanes) is 45. The van der Waals surface area contributed by atoms with Gasteiger partial charge in [0.2, 0.25) is 0 Å². The molecule has 0 fully saturated rings. The van der Waals surface area contributed by atoms with Gasteiger partial charge in [0.1, 0.15) is 6.61 Å². The van der Waals surface area contributed by atoms with Gasteiger partial charge in [0.05, 0.1) is 34.4 Å². The topological polar surface area (TPSA) is 99.1 Å². The zero-order valence-electron chi connectivity index (χ0n) is 48.5. The van der Waals surface area contributed by atoms with Crippen molar-refractivity contribution in [2.24, 2.45) is 0 Å². The first-order valence-corrected chi connectivity index (χ1v) is 31.6. The van der Waals surface area contributed by atoms with Crippen LogP contribution in [-0.2, 0) is 28.6 Å². The fourth-order valence-electron chi connectivity index (χ4n) is 10.2. The molecule has 0 spiro atoms. The van der Waals surface area contributed by atoms with E-state index in [2.05, 4.69) is 13.8 Å². The first-order valence-electron chi connectivity index (χ1n) is 31.6. The van der Waals surface area contributed by atoms with Gasteiger partial charge in [-0.1, -0.05) is 303 Å². The number of carbonyl (C=O) groups excluding carboxylic acids is 2. The van der Waals surface area contributed by atoms with Crippen molar-refractivity contribution in [1.82, 2.24) is 0 Å². The highest BCUT2D eigenvalue weighted by molar-refractivity contribution is 5.72. The SMILES string of the molecule is CCCCCCCCCCCCCCCCCCCCCCCCCCC(=O)OC(COCCC(C(=O)O)[N+](C)(C)C)COC(=O)CCCCCCCCCCCCCCCCCCCCCCCCC. The lowest BCUT2D eigenvalue weighted by Gasteiger charge is -2.31. The number of hydrogen-bond acceptors (Lipinski definition) is 6. The maximum atomic E-state index is 12.9. The molecule has 0 aliphatic carbocycles. The number of esters is 2. The van der Waals surface area contributed by atoms with Crippen molar-refractivity contribution < 1.29 is 38.2 Å². The molecule has 8 nitrogen and oxygen atoms in total. The van der Waals surface area contributed by atoms with E-state index in [9.17, 15) is 19.5 Å². The quantitative estimate of drug-likeness (QED) is 0.0368. The molecule has 2 unspecified atom stereocenters. The number of ether oxygens (including phenoxy) is 3. The van der Waals surface area contributed by atoms with Crippen LogP contribution < -0.4 is 0 Å². The third-order valence-electron chi connectivity index (χ3n) is 15.0. The van der Waals surface area contributed by atoms with Crippen LogP contribution in [0.4, 0.5) is 0 Å². The summed E-state index contributed by atoms with van der Waals surface area (Å²) in [5.41, 5.74) is 0. The van der Waals surface area contributed by atoms with Gasteiger partial charge in [-0.05, 0) is 12.8 Å². The van der Waals surface area contributed by atoms with Gasteiger partial charge >= 0.3 is 17.9 Å². The van der Waals surface area contributed by atoms with Crippen molar-refractivity contribution in [3.63, 3.8) is 0 Å². The summed E-state index contributed by atoms with van der Waals surface area (Å²) in [6.07, 6.45) is 63.3. The molecule has 0 aliphatic rings. The van der Waals surface area contributed by atoms with Gasteiger partial charge in [0.25, 0.3) is 0 Å². The Bertz CT molecular complexity index is 1120. The third-order valence-corrected chi connectivity index (χ3v) is 15.0. The normalized spacial score (nSPS) is 12.6. The Kier molecular flexibility index (Phi) is 53.3. The van der Waals surface area contributed by atoms with Crippen LogP contribution in [0.1, 0.15) is 335 Å². The molecule has 0 saturated carbocycles. The minimum atomic E-state index is -0.867. The average molecular weight is 1010 g/mol. The molecule has 422 valence electrons. The minimum Gasteiger partial charge on any atom is -0.477 e. The maximum absolute atomic E-state index is 12.9. The van der Waals surface area contributed by atoms with Crippen molar-refractivity contribution in [2.75, 3.05) is 41.0 Å². The number of nitrogens with zero attached hydrogens (tertiary/aromatic N) is 1. The van der Waals surface area contributed by atoms with Gasteiger partial charge in [-0.25, -0.2) is 4.79 Å². The van der Waals surface area contributed by atoms with Gasteiger partial charge in [0.15, 0.2) is 12.1 Å². The van der Waals surface area contributed by atoms with Crippen LogP contribution in [0.2, 0.25) is 0 Å². The maximum Gasteiger partial charge on any atom is 0.362 e. The largest absolute Gasteiger partial charge is 0.477 e. The average Bonchev–Trinajstić information content (AvgIpc) is 3.34. The molecule has 0 heterocycles. The Labute approximate surface area is 442 Å². The lowest BCUT2D eigenvalue weighted by molar-refractivity contribution is -0.887. The molecule has 0 aromatic rings. The zero-order chi connectivity index (χ0) is 52.0. The second-order valence-corrected chi connectivity index (χ2v) is 23.0. The van der Waals surface area contributed by atoms with Crippen LogP contribution in [-0.4, -0.2) is 80.6 Å². The molecule has 0 aromatic carbocycles. The second kappa shape index (κ2) is 54.6. The molecule has 0 aromatic heterocycles. The highest BCUT2D eigenvalue weighted by atomic mass is 16.6. The number of carboxylic acid groups (broad SMARTS) is 1. The summed E-state index contributed by atoms with van der Waals surface area (Å²) < 4.78 is 17.5. The summed E-state index contributed by atoms with van der Waals surface area (Å²) in [5, 5.41) is 9.69. The Morgan fingerprint density at radius 2 is 0.620 bits per heavy atom. The van der Waals surface area contributed by atoms with Crippen molar-refractivity contribution in [3.05, 3.63) is 0 Å². The van der Waals surface area contributed by atoms with Crippen LogP contribution in [0.25, 0.3) is 0 Å². The number of rotatable bonds is 59. The fourth-order valence-corrected chi connectivity index (χ4v) is 10.2. The van der Waals surface area contributed by atoms with Gasteiger partial charge < -0.3 is 23.8 Å². The van der Waals surface area contributed by atoms with E-state index in [0.717, 1.165) is 38.5 Å². The Morgan fingerprint density at radius 3 is 0.873 bits per heavy atom. The number of carboxylic acids is 1. The zero-order valence-corrected chi connectivity index (χ0v) is 48.5. The molecule has 0 radical (unpaired) electrons. The van der Waals surface area contributed by atoms with Gasteiger partial charge in [-0.2, -0.15) is 0 Å². The van der Waals surface area contributed by atoms with Crippen molar-refractivity contribution in [3.8, 4) is 0 Å². The number of aliphatic carboxylic acids is 1. The van der Waals surface area contributed by atoms with Crippen LogP contribution >= 0.6 is 0 Å². The van der Waals surface area contributed by atoms with Crippen LogP contribution in [0.3, 0.4) is 0 Å². The molecule has 0 amide bonds. The Balaban J connectivity index is 4.04. The fraction of sp³-hybridized carbons (Fsp3) is 0.952.